The first kappa shape index (κ1) is 19.3. The molecule has 28 heavy (non-hydrogen) atoms. The molecule has 1 amide bonds. The van der Waals surface area contributed by atoms with E-state index >= 15 is 0 Å². The van der Waals surface area contributed by atoms with E-state index in [4.69, 9.17) is 4.98 Å². The van der Waals surface area contributed by atoms with E-state index in [1.807, 2.05) is 23.1 Å². The Bertz CT molecular complexity index is 924. The first-order valence-electron chi connectivity index (χ1n) is 9.63. The van der Waals surface area contributed by atoms with Crippen LogP contribution in [-0.2, 0) is 10.5 Å². The quantitative estimate of drug-likeness (QED) is 0.620. The third-order valence-electron chi connectivity index (χ3n) is 5.17. The Labute approximate surface area is 174 Å². The van der Waals surface area contributed by atoms with Crippen LogP contribution in [0, 0.1) is 13.8 Å². The lowest BCUT2D eigenvalue weighted by molar-refractivity contribution is -0.128. The average molecular weight is 412 g/mol. The molecule has 0 saturated carbocycles. The van der Waals surface area contributed by atoms with Gasteiger partial charge in [0.2, 0.25) is 5.91 Å². The van der Waals surface area contributed by atoms with Crippen molar-refractivity contribution in [3.05, 3.63) is 59.2 Å². The van der Waals surface area contributed by atoms with Crippen molar-refractivity contribution in [3.63, 3.8) is 0 Å². The number of hydrogen-bond donors (Lipinski definition) is 0. The molecule has 1 aromatic heterocycles. The topological polar surface area (TPSA) is 36.4 Å². The van der Waals surface area contributed by atoms with Gasteiger partial charge >= 0.3 is 0 Å². The van der Waals surface area contributed by atoms with Crippen LogP contribution in [-0.4, -0.2) is 47.7 Å². The molecule has 1 aliphatic rings. The SMILES string of the molecule is Cc1ccc(C)c2sc(N3CCN(C(=O)CSCc4ccccc4)CC3)nc12. The Morgan fingerprint density at radius 2 is 1.75 bits per heavy atom. The summed E-state index contributed by atoms with van der Waals surface area (Å²) in [5, 5.41) is 1.08. The van der Waals surface area contributed by atoms with Crippen LogP contribution in [0.5, 0.6) is 0 Å². The molecule has 1 aliphatic heterocycles. The van der Waals surface area contributed by atoms with E-state index in [0.29, 0.717) is 5.75 Å². The molecule has 3 aromatic rings. The van der Waals surface area contributed by atoms with E-state index in [1.54, 1.807) is 23.1 Å². The van der Waals surface area contributed by atoms with E-state index in [9.17, 15) is 4.79 Å². The van der Waals surface area contributed by atoms with Gasteiger partial charge in [-0.2, -0.15) is 0 Å². The van der Waals surface area contributed by atoms with Crippen LogP contribution in [0.4, 0.5) is 5.13 Å². The zero-order valence-electron chi connectivity index (χ0n) is 16.4. The summed E-state index contributed by atoms with van der Waals surface area (Å²) in [7, 11) is 0. The highest BCUT2D eigenvalue weighted by atomic mass is 32.2. The molecule has 6 heteroatoms. The molecule has 4 rings (SSSR count). The molecule has 4 nitrogen and oxygen atoms in total. The monoisotopic (exact) mass is 411 g/mol. The minimum Gasteiger partial charge on any atom is -0.345 e. The summed E-state index contributed by atoms with van der Waals surface area (Å²) in [4.78, 5) is 21.7. The minimum absolute atomic E-state index is 0.247. The fraction of sp³-hybridized carbons (Fsp3) is 0.364. The maximum absolute atomic E-state index is 12.5. The third kappa shape index (κ3) is 4.18. The summed E-state index contributed by atoms with van der Waals surface area (Å²) < 4.78 is 1.28. The van der Waals surface area contributed by atoms with Crippen LogP contribution < -0.4 is 4.90 Å². The Morgan fingerprint density at radius 1 is 1.04 bits per heavy atom. The molecule has 0 radical (unpaired) electrons. The van der Waals surface area contributed by atoms with E-state index in [2.05, 4.69) is 43.0 Å². The summed E-state index contributed by atoms with van der Waals surface area (Å²) in [6.07, 6.45) is 0. The number of aryl methyl sites for hydroxylation is 2. The van der Waals surface area contributed by atoms with Crippen molar-refractivity contribution >= 4 is 44.4 Å². The molecule has 2 heterocycles. The highest BCUT2D eigenvalue weighted by Gasteiger charge is 2.23. The summed E-state index contributed by atoms with van der Waals surface area (Å²) in [6.45, 7) is 7.53. The van der Waals surface area contributed by atoms with Crippen molar-refractivity contribution in [2.75, 3.05) is 36.8 Å². The molecule has 1 fully saturated rings. The predicted molar refractivity (Wildman–Crippen MR) is 120 cm³/mol. The number of anilines is 1. The van der Waals surface area contributed by atoms with E-state index < -0.39 is 0 Å². The Balaban J connectivity index is 1.31. The second-order valence-electron chi connectivity index (χ2n) is 7.22. The van der Waals surface area contributed by atoms with E-state index in [1.165, 1.54) is 21.4 Å². The summed E-state index contributed by atoms with van der Waals surface area (Å²) in [5.74, 6) is 1.68. The van der Waals surface area contributed by atoms with Crippen molar-refractivity contribution in [2.24, 2.45) is 0 Å². The van der Waals surface area contributed by atoms with Gasteiger partial charge in [-0.1, -0.05) is 53.8 Å². The standard InChI is InChI=1S/C22H25N3OS2/c1-16-8-9-17(2)21-20(16)23-22(28-21)25-12-10-24(11-13-25)19(26)15-27-14-18-6-4-3-5-7-18/h3-9H,10-15H2,1-2H3. The number of fused-ring (bicyclic) bond motifs is 1. The number of nitrogens with zero attached hydrogens (tertiary/aromatic N) is 3. The third-order valence-corrected chi connectivity index (χ3v) is 7.41. The Morgan fingerprint density at radius 3 is 2.46 bits per heavy atom. The van der Waals surface area contributed by atoms with Crippen LogP contribution in [0.25, 0.3) is 10.2 Å². The zero-order valence-corrected chi connectivity index (χ0v) is 18.0. The van der Waals surface area contributed by atoms with Crippen LogP contribution >= 0.6 is 23.1 Å². The van der Waals surface area contributed by atoms with Crippen molar-refractivity contribution in [3.8, 4) is 0 Å². The van der Waals surface area contributed by atoms with Gasteiger partial charge in [0.25, 0.3) is 0 Å². The molecule has 0 bridgehead atoms. The number of thiazole rings is 1. The second kappa shape index (κ2) is 8.53. The number of amides is 1. The Kier molecular flexibility index (Phi) is 5.87. The number of aromatic nitrogens is 1. The van der Waals surface area contributed by atoms with Crippen LogP contribution in [0.2, 0.25) is 0 Å². The van der Waals surface area contributed by atoms with Gasteiger partial charge in [0.05, 0.1) is 16.0 Å². The number of carbonyl (C=O) groups is 1. The van der Waals surface area contributed by atoms with Crippen molar-refractivity contribution < 1.29 is 4.79 Å². The first-order valence-corrected chi connectivity index (χ1v) is 11.6. The summed E-state index contributed by atoms with van der Waals surface area (Å²) in [6, 6.07) is 14.6. The molecule has 0 atom stereocenters. The summed E-state index contributed by atoms with van der Waals surface area (Å²) in [5.41, 5.74) is 4.91. The lowest BCUT2D eigenvalue weighted by Crippen LogP contribution is -2.49. The molecule has 0 unspecified atom stereocenters. The number of thioether (sulfide) groups is 1. The second-order valence-corrected chi connectivity index (χ2v) is 9.18. The zero-order chi connectivity index (χ0) is 19.5. The van der Waals surface area contributed by atoms with Crippen molar-refractivity contribution in [2.45, 2.75) is 19.6 Å². The van der Waals surface area contributed by atoms with Crippen molar-refractivity contribution in [1.29, 1.82) is 0 Å². The maximum Gasteiger partial charge on any atom is 0.232 e. The molecule has 0 N–H and O–H groups in total. The van der Waals surface area contributed by atoms with Crippen molar-refractivity contribution in [1.82, 2.24) is 9.88 Å². The van der Waals surface area contributed by atoms with Crippen LogP contribution in [0.3, 0.4) is 0 Å². The molecule has 1 saturated heterocycles. The van der Waals surface area contributed by atoms with Crippen LogP contribution in [0.1, 0.15) is 16.7 Å². The van der Waals surface area contributed by atoms with Gasteiger partial charge in [-0.05, 0) is 30.5 Å². The summed E-state index contributed by atoms with van der Waals surface area (Å²) >= 11 is 3.47. The van der Waals surface area contributed by atoms with Gasteiger partial charge in [-0.25, -0.2) is 4.98 Å². The van der Waals surface area contributed by atoms with E-state index in [0.717, 1.165) is 42.6 Å². The number of benzene rings is 2. The van der Waals surface area contributed by atoms with E-state index in [-0.39, 0.29) is 5.91 Å². The highest BCUT2D eigenvalue weighted by molar-refractivity contribution is 7.99. The smallest absolute Gasteiger partial charge is 0.232 e. The molecular weight excluding hydrogens is 386 g/mol. The minimum atomic E-state index is 0.247. The Hall–Kier alpha value is -2.05. The van der Waals surface area contributed by atoms with Gasteiger partial charge in [0.15, 0.2) is 5.13 Å². The van der Waals surface area contributed by atoms with Gasteiger partial charge < -0.3 is 9.80 Å². The number of rotatable bonds is 5. The lowest BCUT2D eigenvalue weighted by atomic mass is 10.1. The van der Waals surface area contributed by atoms with Gasteiger partial charge in [0.1, 0.15) is 0 Å². The fourth-order valence-corrected chi connectivity index (χ4v) is 5.50. The molecule has 0 spiro atoms. The largest absolute Gasteiger partial charge is 0.345 e. The predicted octanol–water partition coefficient (Wildman–Crippen LogP) is 4.50. The van der Waals surface area contributed by atoms with Gasteiger partial charge in [-0.3, -0.25) is 4.79 Å². The lowest BCUT2D eigenvalue weighted by Gasteiger charge is -2.34. The first-order chi connectivity index (χ1) is 13.6. The van der Waals surface area contributed by atoms with Crippen LogP contribution in [0.15, 0.2) is 42.5 Å². The molecular formula is C22H25N3OS2. The molecule has 146 valence electrons. The number of piperazine rings is 1. The van der Waals surface area contributed by atoms with Gasteiger partial charge in [0, 0.05) is 31.9 Å². The van der Waals surface area contributed by atoms with Gasteiger partial charge in [-0.15, -0.1) is 11.8 Å². The molecule has 2 aromatic carbocycles. The number of carbonyl (C=O) groups excluding carboxylic acids is 1. The highest BCUT2D eigenvalue weighted by Crippen LogP contribution is 2.33. The molecule has 0 aliphatic carbocycles. The fourth-order valence-electron chi connectivity index (χ4n) is 3.45. The maximum atomic E-state index is 12.5. The average Bonchev–Trinajstić information content (AvgIpc) is 3.19. The normalized spacial score (nSPS) is 14.6. The number of hydrogen-bond acceptors (Lipinski definition) is 5.